The van der Waals surface area contributed by atoms with Gasteiger partial charge in [-0.1, -0.05) is 6.07 Å². The van der Waals surface area contributed by atoms with Crippen molar-refractivity contribution < 1.29 is 14.3 Å². The molecule has 1 atom stereocenters. The molecule has 17 heavy (non-hydrogen) atoms. The van der Waals surface area contributed by atoms with Crippen LogP contribution in [-0.4, -0.2) is 25.1 Å². The van der Waals surface area contributed by atoms with Gasteiger partial charge in [-0.25, -0.2) is 0 Å². The molecule has 0 saturated carbocycles. The second-order valence-electron chi connectivity index (χ2n) is 4.70. The molecule has 1 aliphatic carbocycles. The van der Waals surface area contributed by atoms with E-state index in [0.717, 1.165) is 42.7 Å². The summed E-state index contributed by atoms with van der Waals surface area (Å²) in [6, 6.07) is 5.89. The lowest BCUT2D eigenvalue weighted by Gasteiger charge is -2.17. The summed E-state index contributed by atoms with van der Waals surface area (Å²) in [5, 5.41) is 0. The monoisotopic (exact) mass is 232 g/mol. The zero-order chi connectivity index (χ0) is 11.7. The molecule has 0 aromatic heterocycles. The maximum atomic E-state index is 11.8. The van der Waals surface area contributed by atoms with Crippen LogP contribution in [0.15, 0.2) is 18.2 Å². The lowest BCUT2D eigenvalue weighted by atomic mass is 9.90. The number of fused-ring (bicyclic) bond motifs is 1. The van der Waals surface area contributed by atoms with Crippen molar-refractivity contribution in [2.24, 2.45) is 0 Å². The molecule has 3 nitrogen and oxygen atoms in total. The average molecular weight is 232 g/mol. The Labute approximate surface area is 101 Å². The van der Waals surface area contributed by atoms with E-state index in [4.69, 9.17) is 9.47 Å². The van der Waals surface area contributed by atoms with Crippen LogP contribution < -0.4 is 4.74 Å². The molecule has 1 aliphatic heterocycles. The zero-order valence-electron chi connectivity index (χ0n) is 9.78. The Morgan fingerprint density at radius 2 is 2.24 bits per heavy atom. The van der Waals surface area contributed by atoms with Gasteiger partial charge in [0.2, 0.25) is 0 Å². The Balaban J connectivity index is 1.81. The molecular weight excluding hydrogens is 216 g/mol. The molecule has 0 N–H and O–H groups in total. The first-order valence-electron chi connectivity index (χ1n) is 6.23. The number of ketones is 1. The van der Waals surface area contributed by atoms with Crippen molar-refractivity contribution in [2.75, 3.05) is 13.2 Å². The van der Waals surface area contributed by atoms with Crippen LogP contribution in [0.3, 0.4) is 0 Å². The van der Waals surface area contributed by atoms with E-state index in [2.05, 4.69) is 0 Å². The Kier molecular flexibility index (Phi) is 2.85. The van der Waals surface area contributed by atoms with Gasteiger partial charge < -0.3 is 9.47 Å². The van der Waals surface area contributed by atoms with E-state index in [9.17, 15) is 4.79 Å². The smallest absolute Gasteiger partial charge is 0.163 e. The molecule has 0 amide bonds. The van der Waals surface area contributed by atoms with Gasteiger partial charge in [-0.05, 0) is 30.5 Å². The van der Waals surface area contributed by atoms with Crippen LogP contribution in [0.25, 0.3) is 0 Å². The molecule has 1 aromatic rings. The summed E-state index contributed by atoms with van der Waals surface area (Å²) in [6.07, 6.45) is 3.73. The van der Waals surface area contributed by atoms with Gasteiger partial charge in [0.1, 0.15) is 11.9 Å². The van der Waals surface area contributed by atoms with Gasteiger partial charge in [-0.3, -0.25) is 4.79 Å². The summed E-state index contributed by atoms with van der Waals surface area (Å²) in [7, 11) is 0. The van der Waals surface area contributed by atoms with Gasteiger partial charge in [0.25, 0.3) is 0 Å². The third-order valence-electron chi connectivity index (χ3n) is 3.42. The number of aryl methyl sites for hydroxylation is 1. The lowest BCUT2D eigenvalue weighted by molar-refractivity contribution is 0.0971. The SMILES string of the molecule is O=C1CCCc2ccc(OC3CCOC3)cc21. The molecule has 1 aromatic carbocycles. The third kappa shape index (κ3) is 2.20. The van der Waals surface area contributed by atoms with E-state index in [0.29, 0.717) is 13.0 Å². The Morgan fingerprint density at radius 1 is 1.29 bits per heavy atom. The van der Waals surface area contributed by atoms with Crippen molar-refractivity contribution in [1.82, 2.24) is 0 Å². The van der Waals surface area contributed by atoms with Crippen LogP contribution in [0.4, 0.5) is 0 Å². The molecule has 0 radical (unpaired) electrons. The number of ether oxygens (including phenoxy) is 2. The highest BCUT2D eigenvalue weighted by Crippen LogP contribution is 2.26. The molecule has 1 unspecified atom stereocenters. The van der Waals surface area contributed by atoms with Crippen LogP contribution >= 0.6 is 0 Å². The van der Waals surface area contributed by atoms with E-state index in [1.807, 2.05) is 18.2 Å². The maximum Gasteiger partial charge on any atom is 0.163 e. The Bertz CT molecular complexity index is 433. The molecule has 1 fully saturated rings. The van der Waals surface area contributed by atoms with Crippen molar-refractivity contribution in [2.45, 2.75) is 31.8 Å². The maximum absolute atomic E-state index is 11.8. The van der Waals surface area contributed by atoms with Crippen molar-refractivity contribution in [3.05, 3.63) is 29.3 Å². The number of hydrogen-bond acceptors (Lipinski definition) is 3. The summed E-state index contributed by atoms with van der Waals surface area (Å²) in [5.74, 6) is 1.05. The second-order valence-corrected chi connectivity index (χ2v) is 4.70. The minimum absolute atomic E-state index is 0.145. The average Bonchev–Trinajstić information content (AvgIpc) is 2.83. The van der Waals surface area contributed by atoms with Crippen molar-refractivity contribution >= 4 is 5.78 Å². The quantitative estimate of drug-likeness (QED) is 0.785. The first-order valence-corrected chi connectivity index (χ1v) is 6.23. The van der Waals surface area contributed by atoms with Gasteiger partial charge in [0, 0.05) is 18.4 Å². The van der Waals surface area contributed by atoms with Crippen LogP contribution in [0.2, 0.25) is 0 Å². The van der Waals surface area contributed by atoms with Gasteiger partial charge in [-0.2, -0.15) is 0 Å². The fourth-order valence-electron chi connectivity index (χ4n) is 2.48. The van der Waals surface area contributed by atoms with E-state index < -0.39 is 0 Å². The highest BCUT2D eigenvalue weighted by atomic mass is 16.5. The number of rotatable bonds is 2. The van der Waals surface area contributed by atoms with Crippen molar-refractivity contribution in [1.29, 1.82) is 0 Å². The fourth-order valence-corrected chi connectivity index (χ4v) is 2.48. The van der Waals surface area contributed by atoms with Crippen molar-refractivity contribution in [3.8, 4) is 5.75 Å². The van der Waals surface area contributed by atoms with Crippen LogP contribution in [-0.2, 0) is 11.2 Å². The molecule has 3 rings (SSSR count). The number of carbonyl (C=O) groups is 1. The highest BCUT2D eigenvalue weighted by molar-refractivity contribution is 5.98. The standard InChI is InChI=1S/C14H16O3/c15-14-3-1-2-10-4-5-11(8-13(10)14)17-12-6-7-16-9-12/h4-5,8,12H,1-3,6-7,9H2. The predicted molar refractivity (Wildman–Crippen MR) is 63.6 cm³/mol. The summed E-state index contributed by atoms with van der Waals surface area (Å²) in [5.41, 5.74) is 2.02. The van der Waals surface area contributed by atoms with E-state index >= 15 is 0 Å². The summed E-state index contributed by atoms with van der Waals surface area (Å²) >= 11 is 0. The Hall–Kier alpha value is -1.35. The number of benzene rings is 1. The van der Waals surface area contributed by atoms with E-state index in [-0.39, 0.29) is 11.9 Å². The van der Waals surface area contributed by atoms with Gasteiger partial charge in [-0.15, -0.1) is 0 Å². The molecule has 1 heterocycles. The normalized spacial score (nSPS) is 23.5. The van der Waals surface area contributed by atoms with Crippen LogP contribution in [0, 0.1) is 0 Å². The van der Waals surface area contributed by atoms with Gasteiger partial charge in [0.05, 0.1) is 13.2 Å². The predicted octanol–water partition coefficient (Wildman–Crippen LogP) is 2.37. The molecular formula is C14H16O3. The minimum Gasteiger partial charge on any atom is -0.488 e. The molecule has 0 spiro atoms. The van der Waals surface area contributed by atoms with Gasteiger partial charge >= 0.3 is 0 Å². The summed E-state index contributed by atoms with van der Waals surface area (Å²) < 4.78 is 11.1. The molecule has 90 valence electrons. The highest BCUT2D eigenvalue weighted by Gasteiger charge is 2.20. The molecule has 3 heteroatoms. The molecule has 2 aliphatic rings. The van der Waals surface area contributed by atoms with Crippen molar-refractivity contribution in [3.63, 3.8) is 0 Å². The first-order chi connectivity index (χ1) is 8.33. The molecule has 1 saturated heterocycles. The van der Waals surface area contributed by atoms with Crippen LogP contribution in [0.1, 0.15) is 35.2 Å². The third-order valence-corrected chi connectivity index (χ3v) is 3.42. The Morgan fingerprint density at radius 3 is 3.06 bits per heavy atom. The summed E-state index contributed by atoms with van der Waals surface area (Å²) in [4.78, 5) is 11.8. The number of carbonyl (C=O) groups excluding carboxylic acids is 1. The second kappa shape index (κ2) is 4.49. The first kappa shape index (κ1) is 10.8. The topological polar surface area (TPSA) is 35.5 Å². The molecule has 0 bridgehead atoms. The van der Waals surface area contributed by atoms with Crippen LogP contribution in [0.5, 0.6) is 5.75 Å². The largest absolute Gasteiger partial charge is 0.488 e. The van der Waals surface area contributed by atoms with E-state index in [1.54, 1.807) is 0 Å². The number of hydrogen-bond donors (Lipinski definition) is 0. The summed E-state index contributed by atoms with van der Waals surface area (Å²) in [6.45, 7) is 1.43. The lowest BCUT2D eigenvalue weighted by Crippen LogP contribution is -2.17. The van der Waals surface area contributed by atoms with E-state index in [1.165, 1.54) is 0 Å². The van der Waals surface area contributed by atoms with Gasteiger partial charge in [0.15, 0.2) is 5.78 Å². The zero-order valence-corrected chi connectivity index (χ0v) is 9.78. The minimum atomic E-state index is 0.145. The fraction of sp³-hybridized carbons (Fsp3) is 0.500. The number of Topliss-reactive ketones (excluding diaryl/α,β-unsaturated/α-hetero) is 1.